The Labute approximate surface area is 178 Å². The first-order valence-corrected chi connectivity index (χ1v) is 10.7. The summed E-state index contributed by atoms with van der Waals surface area (Å²) in [6, 6.07) is 18.5. The van der Waals surface area contributed by atoms with Crippen molar-refractivity contribution in [2.45, 2.75) is 26.7 Å². The van der Waals surface area contributed by atoms with Gasteiger partial charge in [0, 0.05) is 32.6 Å². The smallest absolute Gasteiger partial charge is 0.293 e. The zero-order valence-electron chi connectivity index (χ0n) is 17.8. The third-order valence-corrected chi connectivity index (χ3v) is 5.70. The summed E-state index contributed by atoms with van der Waals surface area (Å²) < 4.78 is 1.84. The lowest BCUT2D eigenvalue weighted by Crippen LogP contribution is -2.48. The summed E-state index contributed by atoms with van der Waals surface area (Å²) in [5.41, 5.74) is 3.35. The van der Waals surface area contributed by atoms with Gasteiger partial charge in [-0.15, -0.1) is 5.10 Å². The fourth-order valence-electron chi connectivity index (χ4n) is 3.87. The summed E-state index contributed by atoms with van der Waals surface area (Å²) in [6.45, 7) is 8.50. The molecule has 0 unspecified atom stereocenters. The summed E-state index contributed by atoms with van der Waals surface area (Å²) in [6.07, 6.45) is 1.58. The molecule has 156 valence electrons. The summed E-state index contributed by atoms with van der Waals surface area (Å²) in [5, 5.41) is 4.65. The van der Waals surface area contributed by atoms with Crippen LogP contribution in [0.5, 0.6) is 0 Å². The number of piperazine rings is 1. The van der Waals surface area contributed by atoms with E-state index in [9.17, 15) is 4.79 Å². The molecule has 1 amide bonds. The minimum atomic E-state index is -0.0712. The molecule has 30 heavy (non-hydrogen) atoms. The second-order valence-electron chi connectivity index (χ2n) is 7.81. The van der Waals surface area contributed by atoms with Crippen molar-refractivity contribution in [3.05, 3.63) is 77.4 Å². The van der Waals surface area contributed by atoms with Crippen LogP contribution in [0.15, 0.2) is 54.6 Å². The molecule has 1 aliphatic heterocycles. The summed E-state index contributed by atoms with van der Waals surface area (Å²) >= 11 is 0. The van der Waals surface area contributed by atoms with Crippen LogP contribution in [0.4, 0.5) is 0 Å². The Morgan fingerprint density at radius 3 is 2.43 bits per heavy atom. The number of likely N-dealkylation sites (N-methyl/N-ethyl adjacent to an activating group) is 1. The van der Waals surface area contributed by atoms with Crippen LogP contribution >= 0.6 is 0 Å². The first kappa shape index (κ1) is 20.3. The number of hydrogen-bond acceptors (Lipinski definition) is 4. The lowest BCUT2D eigenvalue weighted by Gasteiger charge is -2.33. The van der Waals surface area contributed by atoms with E-state index in [1.165, 1.54) is 5.56 Å². The lowest BCUT2D eigenvalue weighted by molar-refractivity contribution is 0.0631. The average Bonchev–Trinajstić information content (AvgIpc) is 3.22. The fraction of sp³-hybridized carbons (Fsp3) is 0.375. The standard InChI is InChI=1S/C24H29N5O/c1-3-27-14-16-28(17-15-27)24(30)23-25-22(13-12-20-9-5-4-6-10-20)29(26-23)21-11-7-8-19(2)18-21/h4-11,18H,3,12-17H2,1-2H3. The van der Waals surface area contributed by atoms with Crippen molar-refractivity contribution >= 4 is 5.91 Å². The predicted octanol–water partition coefficient (Wildman–Crippen LogP) is 3.14. The highest BCUT2D eigenvalue weighted by molar-refractivity contribution is 5.90. The van der Waals surface area contributed by atoms with E-state index in [4.69, 9.17) is 4.98 Å². The molecule has 0 spiro atoms. The molecular weight excluding hydrogens is 374 g/mol. The topological polar surface area (TPSA) is 54.3 Å². The monoisotopic (exact) mass is 403 g/mol. The lowest BCUT2D eigenvalue weighted by atomic mass is 10.1. The number of aryl methyl sites for hydroxylation is 3. The number of amides is 1. The number of benzene rings is 2. The fourth-order valence-corrected chi connectivity index (χ4v) is 3.87. The number of carbonyl (C=O) groups excluding carboxylic acids is 1. The van der Waals surface area contributed by atoms with E-state index in [2.05, 4.69) is 48.1 Å². The van der Waals surface area contributed by atoms with Crippen LogP contribution in [0.1, 0.15) is 34.5 Å². The quantitative estimate of drug-likeness (QED) is 0.635. The number of rotatable bonds is 6. The molecule has 1 aliphatic rings. The second kappa shape index (κ2) is 9.22. The van der Waals surface area contributed by atoms with Gasteiger partial charge in [0.15, 0.2) is 0 Å². The highest BCUT2D eigenvalue weighted by atomic mass is 16.2. The van der Waals surface area contributed by atoms with Gasteiger partial charge in [-0.2, -0.15) is 0 Å². The third kappa shape index (κ3) is 4.60. The van der Waals surface area contributed by atoms with Gasteiger partial charge < -0.3 is 9.80 Å². The second-order valence-corrected chi connectivity index (χ2v) is 7.81. The van der Waals surface area contributed by atoms with Gasteiger partial charge >= 0.3 is 0 Å². The van der Waals surface area contributed by atoms with Crippen molar-refractivity contribution in [1.29, 1.82) is 0 Å². The zero-order chi connectivity index (χ0) is 20.9. The molecule has 3 aromatic rings. The predicted molar refractivity (Wildman–Crippen MR) is 118 cm³/mol. The molecule has 1 fully saturated rings. The molecule has 6 heteroatoms. The molecule has 2 aromatic carbocycles. The van der Waals surface area contributed by atoms with Gasteiger partial charge in [-0.1, -0.05) is 49.4 Å². The van der Waals surface area contributed by atoms with E-state index >= 15 is 0 Å². The maximum Gasteiger partial charge on any atom is 0.293 e. The minimum Gasteiger partial charge on any atom is -0.333 e. The van der Waals surface area contributed by atoms with Gasteiger partial charge in [0.05, 0.1) is 5.69 Å². The SMILES string of the molecule is CCN1CCN(C(=O)c2nc(CCc3ccccc3)n(-c3cccc(C)c3)n2)CC1. The maximum absolute atomic E-state index is 13.1. The van der Waals surface area contributed by atoms with Crippen molar-refractivity contribution in [3.8, 4) is 5.69 Å². The molecule has 4 rings (SSSR count). The van der Waals surface area contributed by atoms with E-state index in [0.717, 1.165) is 62.6 Å². The number of nitrogens with zero attached hydrogens (tertiary/aromatic N) is 5. The van der Waals surface area contributed by atoms with Gasteiger partial charge in [0.1, 0.15) is 5.82 Å². The summed E-state index contributed by atoms with van der Waals surface area (Å²) in [5.74, 6) is 1.04. The Morgan fingerprint density at radius 2 is 1.73 bits per heavy atom. The van der Waals surface area contributed by atoms with E-state index < -0.39 is 0 Å². The largest absolute Gasteiger partial charge is 0.333 e. The van der Waals surface area contributed by atoms with Gasteiger partial charge in [0.25, 0.3) is 5.91 Å². The van der Waals surface area contributed by atoms with Crippen LogP contribution in [0.25, 0.3) is 5.69 Å². The van der Waals surface area contributed by atoms with Gasteiger partial charge in [0.2, 0.25) is 5.82 Å². The summed E-state index contributed by atoms with van der Waals surface area (Å²) in [7, 11) is 0. The molecule has 1 saturated heterocycles. The molecule has 0 bridgehead atoms. The highest BCUT2D eigenvalue weighted by Crippen LogP contribution is 2.16. The van der Waals surface area contributed by atoms with E-state index in [0.29, 0.717) is 5.82 Å². The van der Waals surface area contributed by atoms with Crippen molar-refractivity contribution < 1.29 is 4.79 Å². The zero-order valence-corrected chi connectivity index (χ0v) is 17.8. The molecule has 2 heterocycles. The average molecular weight is 404 g/mol. The van der Waals surface area contributed by atoms with Crippen LogP contribution in [-0.4, -0.2) is 63.2 Å². The molecule has 0 radical (unpaired) electrons. The third-order valence-electron chi connectivity index (χ3n) is 5.70. The van der Waals surface area contributed by atoms with Crippen LogP contribution in [-0.2, 0) is 12.8 Å². The Kier molecular flexibility index (Phi) is 6.23. The Hall–Kier alpha value is -2.99. The van der Waals surface area contributed by atoms with Crippen molar-refractivity contribution in [2.24, 2.45) is 0 Å². The molecular formula is C24H29N5O. The van der Waals surface area contributed by atoms with Gasteiger partial charge in [-0.05, 0) is 43.1 Å². The summed E-state index contributed by atoms with van der Waals surface area (Å²) in [4.78, 5) is 22.0. The van der Waals surface area contributed by atoms with E-state index in [1.807, 2.05) is 39.9 Å². The normalized spacial score (nSPS) is 14.8. The van der Waals surface area contributed by atoms with E-state index in [1.54, 1.807) is 0 Å². The van der Waals surface area contributed by atoms with Crippen molar-refractivity contribution in [2.75, 3.05) is 32.7 Å². The maximum atomic E-state index is 13.1. The van der Waals surface area contributed by atoms with Gasteiger partial charge in [-0.3, -0.25) is 4.79 Å². The molecule has 6 nitrogen and oxygen atoms in total. The Morgan fingerprint density at radius 1 is 0.967 bits per heavy atom. The minimum absolute atomic E-state index is 0.0712. The van der Waals surface area contributed by atoms with Crippen molar-refractivity contribution in [1.82, 2.24) is 24.6 Å². The van der Waals surface area contributed by atoms with Gasteiger partial charge in [-0.25, -0.2) is 9.67 Å². The molecule has 0 atom stereocenters. The first-order chi connectivity index (χ1) is 14.6. The highest BCUT2D eigenvalue weighted by Gasteiger charge is 2.25. The number of hydrogen-bond donors (Lipinski definition) is 0. The molecule has 0 aliphatic carbocycles. The van der Waals surface area contributed by atoms with Crippen molar-refractivity contribution in [3.63, 3.8) is 0 Å². The first-order valence-electron chi connectivity index (χ1n) is 10.7. The molecule has 0 N–H and O–H groups in total. The molecule has 1 aromatic heterocycles. The van der Waals surface area contributed by atoms with Crippen LogP contribution in [0, 0.1) is 6.92 Å². The Bertz CT molecular complexity index is 990. The number of aromatic nitrogens is 3. The van der Waals surface area contributed by atoms with Crippen LogP contribution in [0.2, 0.25) is 0 Å². The Balaban J connectivity index is 1.59. The van der Waals surface area contributed by atoms with Crippen LogP contribution in [0.3, 0.4) is 0 Å². The van der Waals surface area contributed by atoms with Crippen LogP contribution < -0.4 is 0 Å². The number of carbonyl (C=O) groups is 1. The molecule has 0 saturated carbocycles. The van der Waals surface area contributed by atoms with E-state index in [-0.39, 0.29) is 5.91 Å².